The minimum atomic E-state index is -0.404. The van der Waals surface area contributed by atoms with Gasteiger partial charge in [-0.3, -0.25) is 0 Å². The van der Waals surface area contributed by atoms with Crippen molar-refractivity contribution < 1.29 is 4.39 Å². The van der Waals surface area contributed by atoms with Gasteiger partial charge in [-0.05, 0) is 17.7 Å². The van der Waals surface area contributed by atoms with Gasteiger partial charge in [0, 0.05) is 0 Å². The minimum absolute atomic E-state index is 0.267. The zero-order valence-corrected chi connectivity index (χ0v) is 5.84. The van der Waals surface area contributed by atoms with Crippen molar-refractivity contribution in [3.8, 4) is 6.07 Å². The molecular formula is C8H5BFN. The highest BCUT2D eigenvalue weighted by Crippen LogP contribution is 2.09. The third-order valence-electron chi connectivity index (χ3n) is 1.41. The van der Waals surface area contributed by atoms with Gasteiger partial charge in [-0.15, -0.1) is 0 Å². The lowest BCUT2D eigenvalue weighted by atomic mass is 9.93. The molecular weight excluding hydrogens is 140 g/mol. The quantitative estimate of drug-likeness (QED) is 0.547. The van der Waals surface area contributed by atoms with Crippen molar-refractivity contribution in [1.82, 2.24) is 0 Å². The molecule has 0 saturated carbocycles. The molecule has 0 saturated heterocycles. The van der Waals surface area contributed by atoms with E-state index >= 15 is 0 Å². The van der Waals surface area contributed by atoms with Crippen LogP contribution in [0, 0.1) is 17.1 Å². The summed E-state index contributed by atoms with van der Waals surface area (Å²) in [7, 11) is 5.30. The maximum Gasteiger partial charge on any atom is 0.124 e. The molecule has 0 unspecified atom stereocenters. The van der Waals surface area contributed by atoms with E-state index in [2.05, 4.69) is 0 Å². The Morgan fingerprint density at radius 1 is 1.55 bits per heavy atom. The van der Waals surface area contributed by atoms with Crippen LogP contribution in [0.3, 0.4) is 0 Å². The van der Waals surface area contributed by atoms with E-state index in [0.717, 1.165) is 0 Å². The second kappa shape index (κ2) is 3.20. The highest BCUT2D eigenvalue weighted by atomic mass is 19.1. The summed E-state index contributed by atoms with van der Waals surface area (Å²) < 4.78 is 12.5. The number of hydrogen-bond acceptors (Lipinski definition) is 1. The summed E-state index contributed by atoms with van der Waals surface area (Å²) in [6, 6.07) is 5.87. The third kappa shape index (κ3) is 1.59. The SMILES string of the molecule is [B]Cc1ccc(F)cc1C#N. The summed E-state index contributed by atoms with van der Waals surface area (Å²) in [5, 5.41) is 8.50. The Bertz CT molecular complexity index is 303. The molecule has 1 nitrogen and oxygen atoms in total. The molecule has 0 fully saturated rings. The molecule has 11 heavy (non-hydrogen) atoms. The summed E-state index contributed by atoms with van der Waals surface area (Å²) in [5.41, 5.74) is 0.987. The number of rotatable bonds is 1. The Labute approximate surface area is 65.9 Å². The molecule has 0 atom stereocenters. The van der Waals surface area contributed by atoms with E-state index in [1.165, 1.54) is 18.2 Å². The van der Waals surface area contributed by atoms with E-state index < -0.39 is 5.82 Å². The summed E-state index contributed by atoms with van der Waals surface area (Å²) >= 11 is 0. The number of nitriles is 1. The monoisotopic (exact) mass is 145 g/mol. The van der Waals surface area contributed by atoms with Gasteiger partial charge in [-0.1, -0.05) is 12.4 Å². The summed E-state index contributed by atoms with van der Waals surface area (Å²) in [4.78, 5) is 0. The van der Waals surface area contributed by atoms with E-state index in [1.807, 2.05) is 6.07 Å². The molecule has 0 amide bonds. The van der Waals surface area contributed by atoms with Gasteiger partial charge in [0.25, 0.3) is 0 Å². The van der Waals surface area contributed by atoms with Crippen LogP contribution in [-0.4, -0.2) is 7.85 Å². The van der Waals surface area contributed by atoms with Crippen LogP contribution < -0.4 is 0 Å². The second-order valence-electron chi connectivity index (χ2n) is 2.12. The zero-order chi connectivity index (χ0) is 8.27. The first-order valence-corrected chi connectivity index (χ1v) is 3.16. The van der Waals surface area contributed by atoms with E-state index in [-0.39, 0.29) is 6.32 Å². The largest absolute Gasteiger partial charge is 0.207 e. The maximum absolute atomic E-state index is 12.5. The number of nitrogens with zero attached hydrogens (tertiary/aromatic N) is 1. The van der Waals surface area contributed by atoms with Gasteiger partial charge in [-0.2, -0.15) is 5.26 Å². The van der Waals surface area contributed by atoms with Crippen molar-refractivity contribution in [2.75, 3.05) is 0 Å². The Balaban J connectivity index is 3.19. The molecule has 52 valence electrons. The average Bonchev–Trinajstić information content (AvgIpc) is 2.04. The smallest absolute Gasteiger partial charge is 0.124 e. The molecule has 0 aliphatic rings. The summed E-state index contributed by atoms with van der Waals surface area (Å²) in [6.07, 6.45) is 0.267. The van der Waals surface area contributed by atoms with Crippen LogP contribution in [0.1, 0.15) is 11.1 Å². The second-order valence-corrected chi connectivity index (χ2v) is 2.12. The van der Waals surface area contributed by atoms with Crippen LogP contribution >= 0.6 is 0 Å². The molecule has 1 rings (SSSR count). The Morgan fingerprint density at radius 3 is 2.82 bits per heavy atom. The Morgan fingerprint density at radius 2 is 2.27 bits per heavy atom. The first-order chi connectivity index (χ1) is 5.27. The van der Waals surface area contributed by atoms with Gasteiger partial charge in [0.05, 0.1) is 19.5 Å². The van der Waals surface area contributed by atoms with Crippen molar-refractivity contribution in [2.24, 2.45) is 0 Å². The van der Waals surface area contributed by atoms with Crippen LogP contribution in [0.5, 0.6) is 0 Å². The Kier molecular flexibility index (Phi) is 2.27. The molecule has 0 aliphatic heterocycles. The van der Waals surface area contributed by atoms with Gasteiger partial charge in [-0.25, -0.2) is 4.39 Å². The van der Waals surface area contributed by atoms with Crippen molar-refractivity contribution in [2.45, 2.75) is 6.32 Å². The van der Waals surface area contributed by atoms with Crippen LogP contribution in [0.4, 0.5) is 4.39 Å². The minimum Gasteiger partial charge on any atom is -0.207 e. The van der Waals surface area contributed by atoms with Crippen LogP contribution in [0.25, 0.3) is 0 Å². The lowest BCUT2D eigenvalue weighted by molar-refractivity contribution is 0.627. The van der Waals surface area contributed by atoms with E-state index in [1.54, 1.807) is 0 Å². The molecule has 0 aromatic heterocycles. The normalized spacial score (nSPS) is 9.09. The molecule has 0 N–H and O–H groups in total. The predicted octanol–water partition coefficient (Wildman–Crippen LogP) is 1.37. The van der Waals surface area contributed by atoms with Gasteiger partial charge in [0.15, 0.2) is 0 Å². The topological polar surface area (TPSA) is 23.8 Å². The molecule has 3 heteroatoms. The molecule has 0 aliphatic carbocycles. The molecule has 1 aromatic carbocycles. The fraction of sp³-hybridized carbons (Fsp3) is 0.125. The highest BCUT2D eigenvalue weighted by molar-refractivity contribution is 6.08. The van der Waals surface area contributed by atoms with Gasteiger partial charge in [0.2, 0.25) is 0 Å². The van der Waals surface area contributed by atoms with Gasteiger partial charge in [0.1, 0.15) is 5.82 Å². The predicted molar refractivity (Wildman–Crippen MR) is 40.6 cm³/mol. The molecule has 2 radical (unpaired) electrons. The van der Waals surface area contributed by atoms with Gasteiger partial charge >= 0.3 is 0 Å². The average molecular weight is 145 g/mol. The molecule has 0 bridgehead atoms. The number of benzene rings is 1. The third-order valence-corrected chi connectivity index (χ3v) is 1.41. The lowest BCUT2D eigenvalue weighted by Gasteiger charge is -1.98. The maximum atomic E-state index is 12.5. The molecule has 0 heterocycles. The van der Waals surface area contributed by atoms with E-state index in [0.29, 0.717) is 11.1 Å². The van der Waals surface area contributed by atoms with E-state index in [4.69, 9.17) is 13.1 Å². The van der Waals surface area contributed by atoms with Crippen molar-refractivity contribution in [3.05, 3.63) is 35.1 Å². The zero-order valence-electron chi connectivity index (χ0n) is 5.84. The van der Waals surface area contributed by atoms with Crippen molar-refractivity contribution >= 4 is 7.85 Å². The first kappa shape index (κ1) is 7.81. The molecule has 1 aromatic rings. The molecule has 0 spiro atoms. The van der Waals surface area contributed by atoms with Crippen molar-refractivity contribution in [3.63, 3.8) is 0 Å². The number of halogens is 1. The van der Waals surface area contributed by atoms with Crippen LogP contribution in [-0.2, 0) is 6.32 Å². The summed E-state index contributed by atoms with van der Waals surface area (Å²) in [5.74, 6) is -0.404. The summed E-state index contributed by atoms with van der Waals surface area (Å²) in [6.45, 7) is 0. The lowest BCUT2D eigenvalue weighted by Crippen LogP contribution is -1.90. The van der Waals surface area contributed by atoms with E-state index in [9.17, 15) is 4.39 Å². The fourth-order valence-corrected chi connectivity index (χ4v) is 0.831. The number of hydrogen-bond donors (Lipinski definition) is 0. The highest BCUT2D eigenvalue weighted by Gasteiger charge is 1.99. The Hall–Kier alpha value is -1.30. The standard InChI is InChI=1S/C8H5BFN/c9-4-6-1-2-8(10)3-7(6)5-11/h1-3H,4H2. The van der Waals surface area contributed by atoms with Crippen molar-refractivity contribution in [1.29, 1.82) is 5.26 Å². The first-order valence-electron chi connectivity index (χ1n) is 3.16. The fourth-order valence-electron chi connectivity index (χ4n) is 0.831. The van der Waals surface area contributed by atoms with Crippen LogP contribution in [0.2, 0.25) is 0 Å². The van der Waals surface area contributed by atoms with Crippen LogP contribution in [0.15, 0.2) is 18.2 Å². The van der Waals surface area contributed by atoms with Gasteiger partial charge < -0.3 is 0 Å².